The molecule has 18 heavy (non-hydrogen) atoms. The zero-order valence-corrected chi connectivity index (χ0v) is 10.5. The number of nitrogens with one attached hydrogen (secondary N) is 1. The van der Waals surface area contributed by atoms with Gasteiger partial charge in [0.05, 0.1) is 11.2 Å². The van der Waals surface area contributed by atoms with Crippen molar-refractivity contribution in [3.8, 4) is 0 Å². The van der Waals surface area contributed by atoms with E-state index in [4.69, 9.17) is 17.3 Å². The second-order valence-electron chi connectivity index (χ2n) is 4.54. The highest BCUT2D eigenvalue weighted by molar-refractivity contribution is 6.28. The molecule has 5 heteroatoms. The SMILES string of the molecule is Nc1ccc(NC2(c3ccnc(Cl)n3)CC2)cc1. The van der Waals surface area contributed by atoms with E-state index < -0.39 is 0 Å². The largest absolute Gasteiger partial charge is 0.399 e. The summed E-state index contributed by atoms with van der Waals surface area (Å²) in [5, 5.41) is 3.79. The van der Waals surface area contributed by atoms with E-state index in [2.05, 4.69) is 15.3 Å². The summed E-state index contributed by atoms with van der Waals surface area (Å²) in [5.41, 5.74) is 8.32. The molecule has 0 atom stereocenters. The molecule has 0 spiro atoms. The molecule has 0 aliphatic heterocycles. The van der Waals surface area contributed by atoms with E-state index in [1.165, 1.54) is 0 Å². The second kappa shape index (κ2) is 4.14. The highest BCUT2D eigenvalue weighted by Crippen LogP contribution is 2.47. The Labute approximate surface area is 110 Å². The summed E-state index contributed by atoms with van der Waals surface area (Å²) in [7, 11) is 0. The number of halogens is 1. The molecule has 1 aromatic heterocycles. The normalized spacial score (nSPS) is 16.3. The van der Waals surface area contributed by atoms with E-state index in [1.54, 1.807) is 6.20 Å². The Morgan fingerprint density at radius 3 is 2.50 bits per heavy atom. The number of anilines is 2. The Balaban J connectivity index is 1.85. The average Bonchev–Trinajstić information content (AvgIpc) is 3.13. The predicted molar refractivity (Wildman–Crippen MR) is 72.4 cm³/mol. The molecule has 0 bridgehead atoms. The monoisotopic (exact) mass is 260 g/mol. The Morgan fingerprint density at radius 1 is 1.17 bits per heavy atom. The number of hydrogen-bond acceptors (Lipinski definition) is 4. The molecule has 92 valence electrons. The van der Waals surface area contributed by atoms with Crippen LogP contribution >= 0.6 is 11.6 Å². The maximum atomic E-state index is 5.84. The number of hydrogen-bond donors (Lipinski definition) is 2. The first-order valence-corrected chi connectivity index (χ1v) is 6.19. The summed E-state index contributed by atoms with van der Waals surface area (Å²) < 4.78 is 0. The highest BCUT2D eigenvalue weighted by Gasteiger charge is 2.45. The van der Waals surface area contributed by atoms with Crippen LogP contribution in [-0.4, -0.2) is 9.97 Å². The molecule has 4 nitrogen and oxygen atoms in total. The minimum absolute atomic E-state index is 0.0945. The summed E-state index contributed by atoms with van der Waals surface area (Å²) in [6.07, 6.45) is 3.78. The van der Waals surface area contributed by atoms with E-state index in [-0.39, 0.29) is 10.8 Å². The third-order valence-corrected chi connectivity index (χ3v) is 3.34. The fourth-order valence-electron chi connectivity index (χ4n) is 2.01. The van der Waals surface area contributed by atoms with E-state index in [1.807, 2.05) is 30.3 Å². The van der Waals surface area contributed by atoms with Crippen molar-refractivity contribution in [2.45, 2.75) is 18.4 Å². The molecule has 1 aliphatic carbocycles. The van der Waals surface area contributed by atoms with E-state index in [0.29, 0.717) is 0 Å². The second-order valence-corrected chi connectivity index (χ2v) is 4.88. The Kier molecular flexibility index (Phi) is 2.59. The van der Waals surface area contributed by atoms with Gasteiger partial charge in [0.25, 0.3) is 0 Å². The lowest BCUT2D eigenvalue weighted by molar-refractivity contribution is 0.762. The number of nitrogens with two attached hydrogens (primary N) is 1. The number of benzene rings is 1. The van der Waals surface area contributed by atoms with E-state index in [0.717, 1.165) is 29.9 Å². The minimum atomic E-state index is -0.0945. The molecule has 0 amide bonds. The number of nitrogen functional groups attached to an aromatic ring is 1. The van der Waals surface area contributed by atoms with E-state index in [9.17, 15) is 0 Å². The Hall–Kier alpha value is -1.81. The molecular weight excluding hydrogens is 248 g/mol. The summed E-state index contributed by atoms with van der Waals surface area (Å²) in [6.45, 7) is 0. The van der Waals surface area contributed by atoms with E-state index >= 15 is 0 Å². The molecule has 1 aromatic carbocycles. The molecule has 3 rings (SSSR count). The number of rotatable bonds is 3. The first-order valence-electron chi connectivity index (χ1n) is 5.81. The maximum Gasteiger partial charge on any atom is 0.222 e. The third kappa shape index (κ3) is 2.11. The highest BCUT2D eigenvalue weighted by atomic mass is 35.5. The summed E-state index contributed by atoms with van der Waals surface area (Å²) in [5.74, 6) is 0. The fourth-order valence-corrected chi connectivity index (χ4v) is 2.16. The zero-order chi connectivity index (χ0) is 12.6. The molecule has 1 fully saturated rings. The zero-order valence-electron chi connectivity index (χ0n) is 9.73. The van der Waals surface area contributed by atoms with Gasteiger partial charge in [0.15, 0.2) is 0 Å². The predicted octanol–water partition coefficient (Wildman–Crippen LogP) is 2.81. The summed E-state index contributed by atoms with van der Waals surface area (Å²) >= 11 is 5.84. The van der Waals surface area contributed by atoms with Gasteiger partial charge in [-0.15, -0.1) is 0 Å². The van der Waals surface area contributed by atoms with Gasteiger partial charge < -0.3 is 11.1 Å². The van der Waals surface area contributed by atoms with Crippen molar-refractivity contribution >= 4 is 23.0 Å². The first-order chi connectivity index (χ1) is 8.68. The fraction of sp³-hybridized carbons (Fsp3) is 0.231. The maximum absolute atomic E-state index is 5.84. The molecule has 1 saturated carbocycles. The lowest BCUT2D eigenvalue weighted by atomic mass is 10.1. The molecule has 3 N–H and O–H groups in total. The van der Waals surface area contributed by atoms with Gasteiger partial charge in [-0.1, -0.05) is 0 Å². The lowest BCUT2D eigenvalue weighted by Crippen LogP contribution is -2.20. The van der Waals surface area contributed by atoms with Crippen LogP contribution in [0.5, 0.6) is 0 Å². The van der Waals surface area contributed by atoms with Crippen LogP contribution in [0.2, 0.25) is 5.28 Å². The van der Waals surface area contributed by atoms with Crippen molar-refractivity contribution in [2.75, 3.05) is 11.1 Å². The molecule has 0 unspecified atom stereocenters. The van der Waals surface area contributed by atoms with Gasteiger partial charge >= 0.3 is 0 Å². The van der Waals surface area contributed by atoms with Gasteiger partial charge in [-0.25, -0.2) is 9.97 Å². The Bertz CT molecular complexity index is 563. The standard InChI is InChI=1S/C13H13ClN4/c14-12-16-8-5-11(17-12)13(6-7-13)18-10-3-1-9(15)2-4-10/h1-5,8,18H,6-7,15H2. The quantitative estimate of drug-likeness (QED) is 0.658. The van der Waals surface area contributed by atoms with Crippen LogP contribution in [0, 0.1) is 0 Å². The van der Waals surface area contributed by atoms with Crippen LogP contribution in [0.3, 0.4) is 0 Å². The van der Waals surface area contributed by atoms with Crippen LogP contribution in [0.25, 0.3) is 0 Å². The van der Waals surface area contributed by atoms with Crippen molar-refractivity contribution in [3.05, 3.63) is 47.5 Å². The van der Waals surface area contributed by atoms with Crippen molar-refractivity contribution in [1.29, 1.82) is 0 Å². The van der Waals surface area contributed by atoms with Crippen LogP contribution in [0.1, 0.15) is 18.5 Å². The molecule has 2 aromatic rings. The van der Waals surface area contributed by atoms with Crippen LogP contribution in [0.4, 0.5) is 11.4 Å². The van der Waals surface area contributed by atoms with Gasteiger partial charge in [-0.05, 0) is 54.8 Å². The van der Waals surface area contributed by atoms with Crippen molar-refractivity contribution in [2.24, 2.45) is 0 Å². The molecule has 0 radical (unpaired) electrons. The smallest absolute Gasteiger partial charge is 0.222 e. The third-order valence-electron chi connectivity index (χ3n) is 3.16. The Morgan fingerprint density at radius 2 is 1.89 bits per heavy atom. The van der Waals surface area contributed by atoms with Crippen LogP contribution < -0.4 is 11.1 Å². The molecule has 1 heterocycles. The van der Waals surface area contributed by atoms with Crippen molar-refractivity contribution in [1.82, 2.24) is 9.97 Å². The van der Waals surface area contributed by atoms with Crippen LogP contribution in [-0.2, 0) is 5.54 Å². The van der Waals surface area contributed by atoms with Gasteiger partial charge in [-0.3, -0.25) is 0 Å². The molecule has 0 saturated heterocycles. The summed E-state index contributed by atoms with van der Waals surface area (Å²) in [6, 6.07) is 9.61. The van der Waals surface area contributed by atoms with Gasteiger partial charge in [-0.2, -0.15) is 0 Å². The molecule has 1 aliphatic rings. The van der Waals surface area contributed by atoms with Gasteiger partial charge in [0.1, 0.15) is 0 Å². The molecular formula is C13H13ClN4. The van der Waals surface area contributed by atoms with Crippen molar-refractivity contribution < 1.29 is 0 Å². The first kappa shape index (κ1) is 11.3. The lowest BCUT2D eigenvalue weighted by Gasteiger charge is -2.18. The number of aromatic nitrogens is 2. The summed E-state index contributed by atoms with van der Waals surface area (Å²) in [4.78, 5) is 8.20. The van der Waals surface area contributed by atoms with Crippen molar-refractivity contribution in [3.63, 3.8) is 0 Å². The minimum Gasteiger partial charge on any atom is -0.399 e. The average molecular weight is 261 g/mol. The van der Waals surface area contributed by atoms with Gasteiger partial charge in [0, 0.05) is 17.6 Å². The van der Waals surface area contributed by atoms with Gasteiger partial charge in [0.2, 0.25) is 5.28 Å². The number of nitrogens with zero attached hydrogens (tertiary/aromatic N) is 2. The van der Waals surface area contributed by atoms with Crippen LogP contribution in [0.15, 0.2) is 36.5 Å². The topological polar surface area (TPSA) is 63.8 Å².